The van der Waals surface area contributed by atoms with Crippen molar-refractivity contribution in [3.8, 4) is 5.75 Å². The van der Waals surface area contributed by atoms with Crippen LogP contribution in [0.4, 0.5) is 5.69 Å². The lowest BCUT2D eigenvalue weighted by atomic mass is 10.3. The third-order valence-corrected chi connectivity index (χ3v) is 3.13. The molecular weight excluding hydrogens is 232 g/mol. The molecule has 0 aliphatic carbocycles. The maximum atomic E-state index is 5.79. The second-order valence-electron chi connectivity index (χ2n) is 4.04. The summed E-state index contributed by atoms with van der Waals surface area (Å²) in [7, 11) is 2.15. The van der Waals surface area contributed by atoms with Gasteiger partial charge in [0.15, 0.2) is 0 Å². The molecule has 1 aromatic carbocycles. The Morgan fingerprint density at radius 2 is 2.06 bits per heavy atom. The molecule has 3 nitrogen and oxygen atoms in total. The first-order valence-corrected chi connectivity index (χ1v) is 7.28. The Kier molecular flexibility index (Phi) is 6.89. The summed E-state index contributed by atoms with van der Waals surface area (Å²) < 4.78 is 5.63. The molecule has 0 atom stereocenters. The molecule has 1 rings (SSSR count). The molecule has 0 aliphatic heterocycles. The standard InChI is InChI=1S/C13H22N2OS/c1-15(9-11-17-2)8-5-10-16-13-7-4-3-6-12(13)14/h3-4,6-7H,5,8-11,14H2,1-2H3. The van der Waals surface area contributed by atoms with Gasteiger partial charge in [-0.05, 0) is 31.9 Å². The van der Waals surface area contributed by atoms with Crippen LogP contribution in [0.15, 0.2) is 24.3 Å². The second-order valence-corrected chi connectivity index (χ2v) is 5.02. The minimum atomic E-state index is 0.711. The number of ether oxygens (including phenoxy) is 1. The first-order valence-electron chi connectivity index (χ1n) is 5.89. The van der Waals surface area contributed by atoms with E-state index in [1.54, 1.807) is 0 Å². The van der Waals surface area contributed by atoms with Gasteiger partial charge in [-0.1, -0.05) is 12.1 Å². The van der Waals surface area contributed by atoms with Crippen molar-refractivity contribution in [2.75, 3.05) is 44.5 Å². The van der Waals surface area contributed by atoms with Gasteiger partial charge in [-0.3, -0.25) is 0 Å². The van der Waals surface area contributed by atoms with Crippen LogP contribution in [0, 0.1) is 0 Å². The first kappa shape index (κ1) is 14.2. The fourth-order valence-electron chi connectivity index (χ4n) is 1.49. The van der Waals surface area contributed by atoms with Crippen molar-refractivity contribution in [3.63, 3.8) is 0 Å². The molecule has 96 valence electrons. The number of nitrogens with zero attached hydrogens (tertiary/aromatic N) is 1. The van der Waals surface area contributed by atoms with E-state index in [4.69, 9.17) is 10.5 Å². The van der Waals surface area contributed by atoms with E-state index in [0.717, 1.165) is 31.9 Å². The molecular formula is C13H22N2OS. The Bertz CT molecular complexity index is 320. The molecule has 0 aromatic heterocycles. The van der Waals surface area contributed by atoms with Gasteiger partial charge in [-0.15, -0.1) is 0 Å². The molecule has 0 saturated carbocycles. The predicted octanol–water partition coefficient (Wildman–Crippen LogP) is 2.33. The molecule has 17 heavy (non-hydrogen) atoms. The average Bonchev–Trinajstić information content (AvgIpc) is 2.34. The summed E-state index contributed by atoms with van der Waals surface area (Å²) >= 11 is 1.88. The maximum Gasteiger partial charge on any atom is 0.142 e. The Labute approximate surface area is 108 Å². The van der Waals surface area contributed by atoms with Crippen molar-refractivity contribution >= 4 is 17.4 Å². The summed E-state index contributed by atoms with van der Waals surface area (Å²) in [6.45, 7) is 2.92. The Hall–Kier alpha value is -0.870. The predicted molar refractivity (Wildman–Crippen MR) is 76.8 cm³/mol. The summed E-state index contributed by atoms with van der Waals surface area (Å²) in [5, 5.41) is 0. The van der Waals surface area contributed by atoms with E-state index in [-0.39, 0.29) is 0 Å². The van der Waals surface area contributed by atoms with E-state index in [0.29, 0.717) is 5.69 Å². The van der Waals surface area contributed by atoms with E-state index < -0.39 is 0 Å². The molecule has 0 bridgehead atoms. The van der Waals surface area contributed by atoms with Gasteiger partial charge < -0.3 is 15.4 Å². The summed E-state index contributed by atoms with van der Waals surface area (Å²) in [4.78, 5) is 2.33. The van der Waals surface area contributed by atoms with Crippen LogP contribution < -0.4 is 10.5 Å². The summed E-state index contributed by atoms with van der Waals surface area (Å²) in [5.41, 5.74) is 6.50. The highest BCUT2D eigenvalue weighted by Gasteiger charge is 2.00. The molecule has 0 spiro atoms. The van der Waals surface area contributed by atoms with Crippen molar-refractivity contribution in [1.82, 2.24) is 4.90 Å². The molecule has 0 heterocycles. The number of benzene rings is 1. The third-order valence-electron chi connectivity index (χ3n) is 2.54. The van der Waals surface area contributed by atoms with Crippen LogP contribution in [0.5, 0.6) is 5.75 Å². The maximum absolute atomic E-state index is 5.79. The molecule has 0 amide bonds. The third kappa shape index (κ3) is 5.84. The highest BCUT2D eigenvalue weighted by atomic mass is 32.2. The number of anilines is 1. The van der Waals surface area contributed by atoms with Crippen molar-refractivity contribution in [3.05, 3.63) is 24.3 Å². The van der Waals surface area contributed by atoms with Crippen molar-refractivity contribution in [2.45, 2.75) is 6.42 Å². The molecule has 4 heteroatoms. The van der Waals surface area contributed by atoms with Gasteiger partial charge >= 0.3 is 0 Å². The first-order chi connectivity index (χ1) is 8.24. The lowest BCUT2D eigenvalue weighted by Gasteiger charge is -2.16. The zero-order valence-electron chi connectivity index (χ0n) is 10.7. The van der Waals surface area contributed by atoms with Crippen molar-refractivity contribution < 1.29 is 4.74 Å². The van der Waals surface area contributed by atoms with Gasteiger partial charge in [0.1, 0.15) is 5.75 Å². The van der Waals surface area contributed by atoms with Crippen LogP contribution in [-0.2, 0) is 0 Å². The molecule has 0 radical (unpaired) electrons. The van der Waals surface area contributed by atoms with E-state index in [1.165, 1.54) is 5.75 Å². The number of hydrogen-bond acceptors (Lipinski definition) is 4. The van der Waals surface area contributed by atoms with E-state index in [9.17, 15) is 0 Å². The van der Waals surface area contributed by atoms with E-state index in [1.807, 2.05) is 36.0 Å². The van der Waals surface area contributed by atoms with Crippen LogP contribution in [0.2, 0.25) is 0 Å². The van der Waals surface area contributed by atoms with Crippen molar-refractivity contribution in [1.29, 1.82) is 0 Å². The van der Waals surface area contributed by atoms with E-state index in [2.05, 4.69) is 18.2 Å². The highest BCUT2D eigenvalue weighted by molar-refractivity contribution is 7.98. The normalized spacial score (nSPS) is 10.8. The number of thioether (sulfide) groups is 1. The minimum absolute atomic E-state index is 0.711. The largest absolute Gasteiger partial charge is 0.491 e. The number of rotatable bonds is 8. The SMILES string of the molecule is CSCCN(C)CCCOc1ccccc1N. The van der Waals surface area contributed by atoms with Crippen LogP contribution in [0.3, 0.4) is 0 Å². The van der Waals surface area contributed by atoms with Gasteiger partial charge in [0, 0.05) is 18.8 Å². The number of nitrogens with two attached hydrogens (primary N) is 1. The number of para-hydroxylation sites is 2. The Morgan fingerprint density at radius 1 is 1.29 bits per heavy atom. The Balaban J connectivity index is 2.14. The minimum Gasteiger partial charge on any atom is -0.491 e. The molecule has 0 unspecified atom stereocenters. The second kappa shape index (κ2) is 8.25. The lowest BCUT2D eigenvalue weighted by Crippen LogP contribution is -2.23. The fourth-order valence-corrected chi connectivity index (χ4v) is 1.98. The molecule has 1 aromatic rings. The van der Waals surface area contributed by atoms with Crippen LogP contribution >= 0.6 is 11.8 Å². The van der Waals surface area contributed by atoms with Gasteiger partial charge in [0.25, 0.3) is 0 Å². The summed E-state index contributed by atoms with van der Waals surface area (Å²) in [6.07, 6.45) is 3.16. The topological polar surface area (TPSA) is 38.5 Å². The van der Waals surface area contributed by atoms with Gasteiger partial charge in [0.2, 0.25) is 0 Å². The molecule has 0 saturated heterocycles. The lowest BCUT2D eigenvalue weighted by molar-refractivity contribution is 0.270. The smallest absolute Gasteiger partial charge is 0.142 e. The van der Waals surface area contributed by atoms with Gasteiger partial charge in [0.05, 0.1) is 12.3 Å². The zero-order chi connectivity index (χ0) is 12.5. The molecule has 2 N–H and O–H groups in total. The van der Waals surface area contributed by atoms with Crippen LogP contribution in [-0.4, -0.2) is 43.7 Å². The Morgan fingerprint density at radius 3 is 2.76 bits per heavy atom. The molecule has 0 fully saturated rings. The quantitative estimate of drug-likeness (QED) is 0.571. The highest BCUT2D eigenvalue weighted by Crippen LogP contribution is 2.19. The van der Waals surface area contributed by atoms with Crippen LogP contribution in [0.1, 0.15) is 6.42 Å². The number of hydrogen-bond donors (Lipinski definition) is 1. The molecule has 0 aliphatic rings. The average molecular weight is 254 g/mol. The summed E-state index contributed by atoms with van der Waals surface area (Å²) in [6, 6.07) is 7.63. The van der Waals surface area contributed by atoms with Crippen molar-refractivity contribution in [2.24, 2.45) is 0 Å². The summed E-state index contributed by atoms with van der Waals surface area (Å²) in [5.74, 6) is 1.97. The zero-order valence-corrected chi connectivity index (χ0v) is 11.5. The van der Waals surface area contributed by atoms with E-state index >= 15 is 0 Å². The van der Waals surface area contributed by atoms with Gasteiger partial charge in [-0.25, -0.2) is 0 Å². The van der Waals surface area contributed by atoms with Gasteiger partial charge in [-0.2, -0.15) is 11.8 Å². The van der Waals surface area contributed by atoms with Crippen LogP contribution in [0.25, 0.3) is 0 Å². The fraction of sp³-hybridized carbons (Fsp3) is 0.538. The number of nitrogen functional groups attached to an aromatic ring is 1. The monoisotopic (exact) mass is 254 g/mol.